The van der Waals surface area contributed by atoms with Gasteiger partial charge < -0.3 is 10.6 Å². The fraction of sp³-hybridized carbons (Fsp3) is 0.235. The lowest BCUT2D eigenvalue weighted by Crippen LogP contribution is -2.37. The highest BCUT2D eigenvalue weighted by Gasteiger charge is 2.29. The summed E-state index contributed by atoms with van der Waals surface area (Å²) in [5, 5.41) is 13.4. The molecule has 2 amide bonds. The van der Waals surface area contributed by atoms with E-state index in [4.69, 9.17) is 0 Å². The Kier molecular flexibility index (Phi) is 4.79. The standard InChI is InChI=1S/C17H16F3N5O/c1-11(15-24-23-14-4-2-3-9-25(14)15)22-16(26)21-10-12-5-7-13(8-6-12)17(18,19)20/h2-9,11H,10H2,1H3,(H2,21,22,26)/t11-/m1/s1. The predicted octanol–water partition coefficient (Wildman–Crippen LogP) is 3.31. The van der Waals surface area contributed by atoms with Gasteiger partial charge >= 0.3 is 12.2 Å². The molecule has 3 aromatic rings. The minimum atomic E-state index is -4.38. The van der Waals surface area contributed by atoms with E-state index < -0.39 is 23.8 Å². The molecule has 6 nitrogen and oxygen atoms in total. The van der Waals surface area contributed by atoms with Crippen molar-refractivity contribution in [3.63, 3.8) is 0 Å². The summed E-state index contributed by atoms with van der Waals surface area (Å²) < 4.78 is 39.4. The average molecular weight is 363 g/mol. The monoisotopic (exact) mass is 363 g/mol. The Balaban J connectivity index is 1.57. The van der Waals surface area contributed by atoms with Gasteiger partial charge in [0.05, 0.1) is 11.6 Å². The molecule has 0 saturated carbocycles. The maximum Gasteiger partial charge on any atom is 0.416 e. The van der Waals surface area contributed by atoms with Gasteiger partial charge in [0.25, 0.3) is 0 Å². The van der Waals surface area contributed by atoms with Crippen LogP contribution in [0.4, 0.5) is 18.0 Å². The van der Waals surface area contributed by atoms with Gasteiger partial charge in [-0.2, -0.15) is 13.2 Å². The van der Waals surface area contributed by atoms with Gasteiger partial charge in [0, 0.05) is 12.7 Å². The van der Waals surface area contributed by atoms with Crippen molar-refractivity contribution in [2.45, 2.75) is 25.7 Å². The fourth-order valence-corrected chi connectivity index (χ4v) is 2.46. The fourth-order valence-electron chi connectivity index (χ4n) is 2.46. The summed E-state index contributed by atoms with van der Waals surface area (Å²) in [4.78, 5) is 12.0. The molecule has 2 aromatic heterocycles. The molecule has 1 atom stereocenters. The third kappa shape index (κ3) is 3.93. The Morgan fingerprint density at radius 2 is 1.88 bits per heavy atom. The molecule has 0 aliphatic carbocycles. The number of hydrogen-bond donors (Lipinski definition) is 2. The number of aromatic nitrogens is 3. The smallest absolute Gasteiger partial charge is 0.334 e. The van der Waals surface area contributed by atoms with E-state index in [0.717, 1.165) is 12.1 Å². The van der Waals surface area contributed by atoms with Gasteiger partial charge in [-0.25, -0.2) is 4.79 Å². The molecular formula is C17H16F3N5O. The molecule has 1 aromatic carbocycles. The van der Waals surface area contributed by atoms with Gasteiger partial charge in [0.1, 0.15) is 0 Å². The van der Waals surface area contributed by atoms with Crippen molar-refractivity contribution in [1.82, 2.24) is 25.2 Å². The largest absolute Gasteiger partial charge is 0.416 e. The minimum Gasteiger partial charge on any atom is -0.334 e. The van der Waals surface area contributed by atoms with E-state index in [2.05, 4.69) is 20.8 Å². The summed E-state index contributed by atoms with van der Waals surface area (Å²) in [7, 11) is 0. The number of amides is 2. The van der Waals surface area contributed by atoms with Gasteiger partial charge in [-0.15, -0.1) is 10.2 Å². The molecule has 0 saturated heterocycles. The molecule has 0 aliphatic rings. The van der Waals surface area contributed by atoms with Crippen LogP contribution in [0.25, 0.3) is 5.65 Å². The van der Waals surface area contributed by atoms with Crippen molar-refractivity contribution in [2.24, 2.45) is 0 Å². The van der Waals surface area contributed by atoms with Crippen LogP contribution in [0.15, 0.2) is 48.7 Å². The third-order valence-electron chi connectivity index (χ3n) is 3.81. The molecule has 0 fully saturated rings. The first kappa shape index (κ1) is 17.7. The van der Waals surface area contributed by atoms with Gasteiger partial charge in [0.15, 0.2) is 11.5 Å². The van der Waals surface area contributed by atoms with E-state index in [1.54, 1.807) is 23.6 Å². The Morgan fingerprint density at radius 3 is 2.58 bits per heavy atom. The number of carbonyl (C=O) groups excluding carboxylic acids is 1. The Labute approximate surface area is 147 Å². The van der Waals surface area contributed by atoms with E-state index in [1.165, 1.54) is 12.1 Å². The number of halogens is 3. The minimum absolute atomic E-state index is 0.108. The number of rotatable bonds is 4. The van der Waals surface area contributed by atoms with Crippen LogP contribution in [0.5, 0.6) is 0 Å². The maximum atomic E-state index is 12.5. The number of nitrogens with zero attached hydrogens (tertiary/aromatic N) is 3. The SMILES string of the molecule is C[C@@H](NC(=O)NCc1ccc(C(F)(F)F)cc1)c1nnc2ccccn12. The number of benzene rings is 1. The van der Waals surface area contributed by atoms with Crippen LogP contribution in [-0.4, -0.2) is 20.6 Å². The normalized spacial score (nSPS) is 12.8. The first-order valence-electron chi connectivity index (χ1n) is 7.85. The summed E-state index contributed by atoms with van der Waals surface area (Å²) in [6, 6.07) is 9.25. The van der Waals surface area contributed by atoms with Crippen LogP contribution in [0.2, 0.25) is 0 Å². The third-order valence-corrected chi connectivity index (χ3v) is 3.81. The summed E-state index contributed by atoms with van der Waals surface area (Å²) in [6.45, 7) is 1.87. The van der Waals surface area contributed by atoms with Crippen LogP contribution < -0.4 is 10.6 Å². The molecule has 26 heavy (non-hydrogen) atoms. The van der Waals surface area contributed by atoms with Crippen molar-refractivity contribution in [2.75, 3.05) is 0 Å². The number of fused-ring (bicyclic) bond motifs is 1. The number of hydrogen-bond acceptors (Lipinski definition) is 3. The van der Waals surface area contributed by atoms with E-state index in [-0.39, 0.29) is 6.54 Å². The van der Waals surface area contributed by atoms with E-state index in [9.17, 15) is 18.0 Å². The van der Waals surface area contributed by atoms with Crippen LogP contribution >= 0.6 is 0 Å². The van der Waals surface area contributed by atoms with Crippen molar-refractivity contribution < 1.29 is 18.0 Å². The molecule has 2 heterocycles. The Bertz CT molecular complexity index is 905. The van der Waals surface area contributed by atoms with Crippen LogP contribution in [-0.2, 0) is 12.7 Å². The molecule has 0 bridgehead atoms. The van der Waals surface area contributed by atoms with E-state index in [0.29, 0.717) is 17.0 Å². The van der Waals surface area contributed by atoms with Crippen molar-refractivity contribution in [3.05, 3.63) is 65.6 Å². The van der Waals surface area contributed by atoms with E-state index in [1.807, 2.05) is 12.1 Å². The number of urea groups is 1. The van der Waals surface area contributed by atoms with Crippen molar-refractivity contribution >= 4 is 11.7 Å². The number of carbonyl (C=O) groups is 1. The molecule has 2 N–H and O–H groups in total. The highest BCUT2D eigenvalue weighted by atomic mass is 19.4. The van der Waals surface area contributed by atoms with Gasteiger partial charge in [-0.05, 0) is 36.8 Å². The van der Waals surface area contributed by atoms with Crippen molar-refractivity contribution in [1.29, 1.82) is 0 Å². The second-order valence-electron chi connectivity index (χ2n) is 5.73. The van der Waals surface area contributed by atoms with Crippen LogP contribution in [0.3, 0.4) is 0 Å². The van der Waals surface area contributed by atoms with Gasteiger partial charge in [-0.1, -0.05) is 18.2 Å². The zero-order chi connectivity index (χ0) is 18.7. The number of nitrogens with one attached hydrogen (secondary N) is 2. The maximum absolute atomic E-state index is 12.5. The van der Waals surface area contributed by atoms with E-state index >= 15 is 0 Å². The zero-order valence-electron chi connectivity index (χ0n) is 13.8. The van der Waals surface area contributed by atoms with Crippen LogP contribution in [0.1, 0.15) is 29.9 Å². The molecule has 0 spiro atoms. The lowest BCUT2D eigenvalue weighted by Gasteiger charge is -2.13. The van der Waals surface area contributed by atoms with Crippen LogP contribution in [0, 0.1) is 0 Å². The van der Waals surface area contributed by atoms with Crippen molar-refractivity contribution in [3.8, 4) is 0 Å². The summed E-state index contributed by atoms with van der Waals surface area (Å²) in [5.74, 6) is 0.574. The molecular weight excluding hydrogens is 347 g/mol. The Hall–Kier alpha value is -3.10. The quantitative estimate of drug-likeness (QED) is 0.747. The predicted molar refractivity (Wildman–Crippen MR) is 88.2 cm³/mol. The topological polar surface area (TPSA) is 71.3 Å². The second-order valence-corrected chi connectivity index (χ2v) is 5.73. The average Bonchev–Trinajstić information content (AvgIpc) is 3.04. The van der Waals surface area contributed by atoms with Gasteiger partial charge in [0.2, 0.25) is 0 Å². The number of pyridine rings is 1. The molecule has 9 heteroatoms. The summed E-state index contributed by atoms with van der Waals surface area (Å²) >= 11 is 0. The van der Waals surface area contributed by atoms with Gasteiger partial charge in [-0.3, -0.25) is 4.40 Å². The Morgan fingerprint density at radius 1 is 1.15 bits per heavy atom. The molecule has 0 radical (unpaired) electrons. The summed E-state index contributed by atoms with van der Waals surface area (Å²) in [5.41, 5.74) is 0.507. The molecule has 136 valence electrons. The highest BCUT2D eigenvalue weighted by molar-refractivity contribution is 5.74. The summed E-state index contributed by atoms with van der Waals surface area (Å²) in [6.07, 6.45) is -2.58. The first-order valence-corrected chi connectivity index (χ1v) is 7.85. The lowest BCUT2D eigenvalue weighted by molar-refractivity contribution is -0.137. The molecule has 0 unspecified atom stereocenters. The second kappa shape index (κ2) is 7.03. The first-order chi connectivity index (χ1) is 12.3. The molecule has 0 aliphatic heterocycles. The lowest BCUT2D eigenvalue weighted by atomic mass is 10.1. The number of alkyl halides is 3. The molecule has 3 rings (SSSR count). The zero-order valence-corrected chi connectivity index (χ0v) is 13.8. The highest BCUT2D eigenvalue weighted by Crippen LogP contribution is 2.29.